The standard InChI is InChI=1S/C14H20N6O2S/c1-3-11-16-12(19-18-11)10-8-20(5-6-22-10)9(2)13(21)17-14-15-4-7-23-14/h4,7,9-10H,3,5-6,8H2,1-2H3,(H,15,17,21)(H,16,18,19)/t9-,10+/m0/s1. The highest BCUT2D eigenvalue weighted by molar-refractivity contribution is 7.13. The third-order valence-electron chi connectivity index (χ3n) is 3.86. The average Bonchev–Trinajstić information content (AvgIpc) is 3.25. The Morgan fingerprint density at radius 1 is 1.65 bits per heavy atom. The van der Waals surface area contributed by atoms with Crippen LogP contribution in [0.5, 0.6) is 0 Å². The van der Waals surface area contributed by atoms with Crippen molar-refractivity contribution in [1.82, 2.24) is 25.1 Å². The molecule has 1 saturated heterocycles. The Balaban J connectivity index is 1.62. The van der Waals surface area contributed by atoms with E-state index < -0.39 is 0 Å². The van der Waals surface area contributed by atoms with Crippen LogP contribution in [0.1, 0.15) is 31.6 Å². The van der Waals surface area contributed by atoms with Crippen molar-refractivity contribution in [1.29, 1.82) is 0 Å². The molecule has 9 heteroatoms. The van der Waals surface area contributed by atoms with Crippen molar-refractivity contribution in [2.24, 2.45) is 0 Å². The van der Waals surface area contributed by atoms with Crippen LogP contribution < -0.4 is 5.32 Å². The number of thiazole rings is 1. The van der Waals surface area contributed by atoms with Crippen molar-refractivity contribution in [3.05, 3.63) is 23.2 Å². The average molecular weight is 336 g/mol. The maximum absolute atomic E-state index is 12.3. The number of amides is 1. The number of aryl methyl sites for hydroxylation is 1. The minimum atomic E-state index is -0.269. The van der Waals surface area contributed by atoms with Gasteiger partial charge in [0, 0.05) is 31.1 Å². The molecule has 2 aromatic rings. The van der Waals surface area contributed by atoms with E-state index in [-0.39, 0.29) is 18.1 Å². The van der Waals surface area contributed by atoms with E-state index in [9.17, 15) is 4.79 Å². The smallest absolute Gasteiger partial charge is 0.243 e. The molecule has 0 aromatic carbocycles. The predicted octanol–water partition coefficient (Wildman–Crippen LogP) is 1.22. The quantitative estimate of drug-likeness (QED) is 0.852. The molecule has 0 bridgehead atoms. The Kier molecular flexibility index (Phi) is 4.99. The van der Waals surface area contributed by atoms with Crippen LogP contribution in [0, 0.1) is 0 Å². The summed E-state index contributed by atoms with van der Waals surface area (Å²) in [4.78, 5) is 22.9. The third-order valence-corrected chi connectivity index (χ3v) is 4.55. The first-order valence-electron chi connectivity index (χ1n) is 7.64. The van der Waals surface area contributed by atoms with Crippen molar-refractivity contribution >= 4 is 22.4 Å². The van der Waals surface area contributed by atoms with E-state index in [1.165, 1.54) is 11.3 Å². The molecule has 2 N–H and O–H groups in total. The van der Waals surface area contributed by atoms with Crippen LogP contribution >= 0.6 is 11.3 Å². The number of morpholine rings is 1. The number of hydrogen-bond donors (Lipinski definition) is 2. The van der Waals surface area contributed by atoms with Gasteiger partial charge in [-0.2, -0.15) is 5.10 Å². The topological polar surface area (TPSA) is 96.0 Å². The summed E-state index contributed by atoms with van der Waals surface area (Å²) in [6, 6.07) is -0.269. The summed E-state index contributed by atoms with van der Waals surface area (Å²) in [5.74, 6) is 1.43. The molecule has 1 aliphatic heterocycles. The van der Waals surface area contributed by atoms with E-state index in [2.05, 4.69) is 30.4 Å². The summed E-state index contributed by atoms with van der Waals surface area (Å²) in [6.45, 7) is 5.75. The number of carbonyl (C=O) groups excluding carboxylic acids is 1. The van der Waals surface area contributed by atoms with E-state index in [0.717, 1.165) is 12.2 Å². The van der Waals surface area contributed by atoms with Gasteiger partial charge in [-0.3, -0.25) is 14.8 Å². The summed E-state index contributed by atoms with van der Waals surface area (Å²) in [5, 5.41) is 12.4. The second-order valence-electron chi connectivity index (χ2n) is 5.35. The zero-order valence-corrected chi connectivity index (χ0v) is 14.0. The summed E-state index contributed by atoms with van der Waals surface area (Å²) >= 11 is 1.41. The van der Waals surface area contributed by atoms with E-state index >= 15 is 0 Å². The number of carbonyl (C=O) groups is 1. The largest absolute Gasteiger partial charge is 0.367 e. The Bertz CT molecular complexity index is 643. The van der Waals surface area contributed by atoms with Crippen molar-refractivity contribution in [3.63, 3.8) is 0 Å². The monoisotopic (exact) mass is 336 g/mol. The number of nitrogens with one attached hydrogen (secondary N) is 2. The normalized spacial score (nSPS) is 20.3. The molecule has 3 rings (SSSR count). The second kappa shape index (κ2) is 7.16. The molecule has 1 aliphatic rings. The summed E-state index contributed by atoms with van der Waals surface area (Å²) < 4.78 is 5.76. The second-order valence-corrected chi connectivity index (χ2v) is 6.25. The van der Waals surface area contributed by atoms with Crippen LogP contribution in [-0.4, -0.2) is 56.7 Å². The Morgan fingerprint density at radius 2 is 2.52 bits per heavy atom. The lowest BCUT2D eigenvalue weighted by Crippen LogP contribution is -2.48. The Hall–Kier alpha value is -1.84. The van der Waals surface area contributed by atoms with Gasteiger partial charge in [0.05, 0.1) is 12.6 Å². The zero-order valence-electron chi connectivity index (χ0n) is 13.2. The molecule has 0 unspecified atom stereocenters. The Labute approximate surface area is 138 Å². The first kappa shape index (κ1) is 16.0. The number of rotatable bonds is 5. The van der Waals surface area contributed by atoms with Crippen LogP contribution in [0.25, 0.3) is 0 Å². The van der Waals surface area contributed by atoms with Crippen molar-refractivity contribution in [2.45, 2.75) is 32.4 Å². The van der Waals surface area contributed by atoms with E-state index in [4.69, 9.17) is 4.74 Å². The number of ether oxygens (including phenoxy) is 1. The van der Waals surface area contributed by atoms with Crippen LogP contribution in [0.15, 0.2) is 11.6 Å². The van der Waals surface area contributed by atoms with Crippen molar-refractivity contribution < 1.29 is 9.53 Å². The highest BCUT2D eigenvalue weighted by atomic mass is 32.1. The summed E-state index contributed by atoms with van der Waals surface area (Å²) in [7, 11) is 0. The number of anilines is 1. The van der Waals surface area contributed by atoms with E-state index in [1.54, 1.807) is 6.20 Å². The lowest BCUT2D eigenvalue weighted by atomic mass is 10.2. The molecule has 0 radical (unpaired) electrons. The van der Waals surface area contributed by atoms with Gasteiger partial charge in [-0.15, -0.1) is 11.3 Å². The lowest BCUT2D eigenvalue weighted by molar-refractivity contribution is -0.124. The van der Waals surface area contributed by atoms with Gasteiger partial charge in [-0.1, -0.05) is 6.92 Å². The predicted molar refractivity (Wildman–Crippen MR) is 86.2 cm³/mol. The van der Waals surface area contributed by atoms with E-state index in [1.807, 2.05) is 19.2 Å². The van der Waals surface area contributed by atoms with Gasteiger partial charge in [0.1, 0.15) is 11.9 Å². The molecule has 1 fully saturated rings. The highest BCUT2D eigenvalue weighted by Gasteiger charge is 2.30. The minimum absolute atomic E-state index is 0.0650. The maximum atomic E-state index is 12.3. The Morgan fingerprint density at radius 3 is 3.22 bits per heavy atom. The van der Waals surface area contributed by atoms with Crippen molar-refractivity contribution in [3.8, 4) is 0 Å². The first-order chi connectivity index (χ1) is 11.2. The molecule has 8 nitrogen and oxygen atoms in total. The SMILES string of the molecule is CCc1nc([C@H]2CN([C@@H](C)C(=O)Nc3nccs3)CCO2)n[nH]1. The van der Waals surface area contributed by atoms with Gasteiger partial charge in [0.2, 0.25) is 5.91 Å². The fraction of sp³-hybridized carbons (Fsp3) is 0.571. The number of nitrogens with zero attached hydrogens (tertiary/aromatic N) is 4. The first-order valence-corrected chi connectivity index (χ1v) is 8.52. The molecule has 0 spiro atoms. The van der Waals surface area contributed by atoms with Crippen LogP contribution in [0.4, 0.5) is 5.13 Å². The lowest BCUT2D eigenvalue weighted by Gasteiger charge is -2.34. The highest BCUT2D eigenvalue weighted by Crippen LogP contribution is 2.21. The van der Waals surface area contributed by atoms with Gasteiger partial charge < -0.3 is 10.1 Å². The van der Waals surface area contributed by atoms with Gasteiger partial charge in [-0.25, -0.2) is 9.97 Å². The zero-order chi connectivity index (χ0) is 16.2. The molecule has 0 aliphatic carbocycles. The summed E-state index contributed by atoms with van der Waals surface area (Å²) in [5.41, 5.74) is 0. The van der Waals surface area contributed by atoms with Gasteiger partial charge in [-0.05, 0) is 6.92 Å². The van der Waals surface area contributed by atoms with Gasteiger partial charge >= 0.3 is 0 Å². The molecule has 2 atom stereocenters. The summed E-state index contributed by atoms with van der Waals surface area (Å²) in [6.07, 6.45) is 2.26. The van der Waals surface area contributed by atoms with Crippen LogP contribution in [0.2, 0.25) is 0 Å². The molecule has 1 amide bonds. The molecular formula is C14H20N6O2S. The maximum Gasteiger partial charge on any atom is 0.243 e. The van der Waals surface area contributed by atoms with E-state index in [0.29, 0.717) is 30.7 Å². The molecule has 124 valence electrons. The van der Waals surface area contributed by atoms with Crippen molar-refractivity contribution in [2.75, 3.05) is 25.0 Å². The fourth-order valence-electron chi connectivity index (χ4n) is 2.45. The fourth-order valence-corrected chi connectivity index (χ4v) is 2.98. The molecule has 23 heavy (non-hydrogen) atoms. The molecule has 3 heterocycles. The molecule has 0 saturated carbocycles. The van der Waals surface area contributed by atoms with Crippen LogP contribution in [-0.2, 0) is 16.0 Å². The van der Waals surface area contributed by atoms with Gasteiger partial charge in [0.25, 0.3) is 0 Å². The molecule has 2 aromatic heterocycles. The number of aromatic nitrogens is 4. The minimum Gasteiger partial charge on any atom is -0.367 e. The van der Waals surface area contributed by atoms with Gasteiger partial charge in [0.15, 0.2) is 11.0 Å². The third kappa shape index (κ3) is 3.74. The molecular weight excluding hydrogens is 316 g/mol. The van der Waals surface area contributed by atoms with Crippen LogP contribution in [0.3, 0.4) is 0 Å². The number of H-pyrrole nitrogens is 1. The number of hydrogen-bond acceptors (Lipinski definition) is 7. The number of aromatic amines is 1.